The maximum Gasteiger partial charge on any atom is 0.120 e. The van der Waals surface area contributed by atoms with E-state index in [9.17, 15) is 0 Å². The summed E-state index contributed by atoms with van der Waals surface area (Å²) in [7, 11) is 0. The van der Waals surface area contributed by atoms with Crippen LogP contribution in [0.1, 0.15) is 63.8 Å². The van der Waals surface area contributed by atoms with Crippen LogP contribution in [0.5, 0.6) is 5.75 Å². The lowest BCUT2D eigenvalue weighted by atomic mass is 9.80. The van der Waals surface area contributed by atoms with Crippen LogP contribution in [0.4, 0.5) is 0 Å². The molecule has 0 atom stereocenters. The molecule has 0 aliphatic heterocycles. The molecular formula is C22H29ClO. The normalized spacial score (nSPS) is 12.3. The summed E-state index contributed by atoms with van der Waals surface area (Å²) in [6.45, 7) is 14.0. The third kappa shape index (κ3) is 4.77. The van der Waals surface area contributed by atoms with Gasteiger partial charge >= 0.3 is 0 Å². The Morgan fingerprint density at radius 1 is 0.792 bits per heavy atom. The molecule has 0 heterocycles. The molecule has 130 valence electrons. The first-order chi connectivity index (χ1) is 11.1. The van der Waals surface area contributed by atoms with E-state index in [1.807, 2.05) is 12.1 Å². The Balaban J connectivity index is 2.32. The van der Waals surface area contributed by atoms with Gasteiger partial charge in [-0.1, -0.05) is 71.9 Å². The topological polar surface area (TPSA) is 9.23 Å². The first-order valence-corrected chi connectivity index (χ1v) is 9.06. The second kappa shape index (κ2) is 7.19. The first kappa shape index (κ1) is 18.9. The van der Waals surface area contributed by atoms with Gasteiger partial charge in [-0.3, -0.25) is 0 Å². The molecule has 0 N–H and O–H groups in total. The van der Waals surface area contributed by atoms with E-state index in [2.05, 4.69) is 71.9 Å². The van der Waals surface area contributed by atoms with Crippen molar-refractivity contribution >= 4 is 11.6 Å². The van der Waals surface area contributed by atoms with Crippen LogP contribution in [-0.2, 0) is 23.3 Å². The molecule has 0 bridgehead atoms. The molecule has 0 fully saturated rings. The molecule has 24 heavy (non-hydrogen) atoms. The zero-order valence-corrected chi connectivity index (χ0v) is 16.5. The molecular weight excluding hydrogens is 316 g/mol. The van der Waals surface area contributed by atoms with E-state index in [0.717, 1.165) is 16.9 Å². The van der Waals surface area contributed by atoms with Gasteiger partial charge in [-0.05, 0) is 45.2 Å². The smallest absolute Gasteiger partial charge is 0.120 e. The highest BCUT2D eigenvalue weighted by atomic mass is 35.5. The molecule has 0 aliphatic carbocycles. The first-order valence-electron chi connectivity index (χ1n) is 8.53. The fourth-order valence-corrected chi connectivity index (χ4v) is 2.80. The Labute approximate surface area is 152 Å². The summed E-state index contributed by atoms with van der Waals surface area (Å²) >= 11 is 6.03. The quantitative estimate of drug-likeness (QED) is 0.568. The maximum absolute atomic E-state index is 6.15. The van der Waals surface area contributed by atoms with E-state index >= 15 is 0 Å². The zero-order valence-electron chi connectivity index (χ0n) is 15.7. The number of ether oxygens (including phenoxy) is 1. The molecule has 0 aliphatic rings. The van der Waals surface area contributed by atoms with Crippen molar-refractivity contribution in [2.75, 3.05) is 0 Å². The van der Waals surface area contributed by atoms with Crippen molar-refractivity contribution in [3.63, 3.8) is 0 Å². The Morgan fingerprint density at radius 2 is 1.29 bits per heavy atom. The highest BCUT2D eigenvalue weighted by Crippen LogP contribution is 2.33. The molecule has 2 aromatic carbocycles. The SMILES string of the molecule is CC(C)(C)c1cc(OCc2ccccc2CCl)cc(C(C)(C)C)c1. The van der Waals surface area contributed by atoms with Gasteiger partial charge in [-0.25, -0.2) is 0 Å². The predicted octanol–water partition coefficient (Wildman–Crippen LogP) is 6.60. The van der Waals surface area contributed by atoms with Gasteiger partial charge in [0.25, 0.3) is 0 Å². The largest absolute Gasteiger partial charge is 0.489 e. The molecule has 2 aromatic rings. The van der Waals surface area contributed by atoms with Crippen LogP contribution in [0, 0.1) is 0 Å². The van der Waals surface area contributed by atoms with Crippen LogP contribution in [0.3, 0.4) is 0 Å². The fraction of sp³-hybridized carbons (Fsp3) is 0.455. The standard InChI is InChI=1S/C22H29ClO/c1-21(2,3)18-11-19(22(4,5)6)13-20(12-18)24-15-17-10-8-7-9-16(17)14-23/h7-13H,14-15H2,1-6H3. The van der Waals surface area contributed by atoms with Crippen molar-refractivity contribution in [2.24, 2.45) is 0 Å². The molecule has 2 heteroatoms. The van der Waals surface area contributed by atoms with Gasteiger partial charge in [0.05, 0.1) is 0 Å². The third-order valence-corrected chi connectivity index (χ3v) is 4.58. The average Bonchev–Trinajstić information content (AvgIpc) is 2.51. The summed E-state index contributed by atoms with van der Waals surface area (Å²) in [4.78, 5) is 0. The van der Waals surface area contributed by atoms with Crippen molar-refractivity contribution in [1.29, 1.82) is 0 Å². The van der Waals surface area contributed by atoms with Crippen molar-refractivity contribution in [2.45, 2.75) is 64.9 Å². The van der Waals surface area contributed by atoms with Crippen LogP contribution in [-0.4, -0.2) is 0 Å². The molecule has 1 nitrogen and oxygen atoms in total. The van der Waals surface area contributed by atoms with Crippen molar-refractivity contribution in [1.82, 2.24) is 0 Å². The highest BCUT2D eigenvalue weighted by molar-refractivity contribution is 6.17. The van der Waals surface area contributed by atoms with Crippen molar-refractivity contribution in [3.05, 3.63) is 64.7 Å². The molecule has 0 saturated heterocycles. The van der Waals surface area contributed by atoms with E-state index in [1.54, 1.807) is 0 Å². The van der Waals surface area contributed by atoms with E-state index in [1.165, 1.54) is 11.1 Å². The van der Waals surface area contributed by atoms with Crippen molar-refractivity contribution in [3.8, 4) is 5.75 Å². The zero-order chi connectivity index (χ0) is 18.0. The van der Waals surface area contributed by atoms with Crippen LogP contribution in [0.15, 0.2) is 42.5 Å². The molecule has 0 aromatic heterocycles. The van der Waals surface area contributed by atoms with Gasteiger partial charge in [-0.15, -0.1) is 11.6 Å². The van der Waals surface area contributed by atoms with Crippen molar-refractivity contribution < 1.29 is 4.74 Å². The number of halogens is 1. The van der Waals surface area contributed by atoms with Gasteiger partial charge in [-0.2, -0.15) is 0 Å². The Bertz CT molecular complexity index is 658. The van der Waals surface area contributed by atoms with Gasteiger partial charge in [0.15, 0.2) is 0 Å². The molecule has 0 amide bonds. The lowest BCUT2D eigenvalue weighted by molar-refractivity contribution is 0.303. The lowest BCUT2D eigenvalue weighted by Gasteiger charge is -2.26. The van der Waals surface area contributed by atoms with Gasteiger partial charge in [0.2, 0.25) is 0 Å². The summed E-state index contributed by atoms with van der Waals surface area (Å²) in [5.74, 6) is 1.44. The minimum atomic E-state index is 0.0907. The van der Waals surface area contributed by atoms with E-state index in [0.29, 0.717) is 12.5 Å². The van der Waals surface area contributed by atoms with Crippen LogP contribution >= 0.6 is 11.6 Å². The molecule has 0 radical (unpaired) electrons. The summed E-state index contributed by atoms with van der Waals surface area (Å²) in [5, 5.41) is 0. The summed E-state index contributed by atoms with van der Waals surface area (Å²) in [6, 6.07) is 14.8. The molecule has 0 saturated carbocycles. The summed E-state index contributed by atoms with van der Waals surface area (Å²) < 4.78 is 6.15. The van der Waals surface area contributed by atoms with E-state index in [4.69, 9.17) is 16.3 Å². The average molecular weight is 345 g/mol. The third-order valence-electron chi connectivity index (χ3n) is 4.30. The fourth-order valence-electron chi connectivity index (χ4n) is 2.54. The summed E-state index contributed by atoms with van der Waals surface area (Å²) in [5.41, 5.74) is 5.06. The van der Waals surface area contributed by atoms with Gasteiger partial charge in [0.1, 0.15) is 12.4 Å². The molecule has 0 unspecified atom stereocenters. The monoisotopic (exact) mass is 344 g/mol. The Kier molecular flexibility index (Phi) is 5.65. The molecule has 0 spiro atoms. The van der Waals surface area contributed by atoms with Crippen LogP contribution in [0.2, 0.25) is 0 Å². The van der Waals surface area contributed by atoms with E-state index < -0.39 is 0 Å². The molecule has 2 rings (SSSR count). The number of benzene rings is 2. The summed E-state index contributed by atoms with van der Waals surface area (Å²) in [6.07, 6.45) is 0. The minimum absolute atomic E-state index is 0.0907. The highest BCUT2D eigenvalue weighted by Gasteiger charge is 2.21. The predicted molar refractivity (Wildman–Crippen MR) is 104 cm³/mol. The second-order valence-corrected chi connectivity index (χ2v) is 8.70. The number of hydrogen-bond donors (Lipinski definition) is 0. The van der Waals surface area contributed by atoms with Crippen LogP contribution in [0.25, 0.3) is 0 Å². The van der Waals surface area contributed by atoms with Crippen LogP contribution < -0.4 is 4.74 Å². The van der Waals surface area contributed by atoms with E-state index in [-0.39, 0.29) is 10.8 Å². The Hall–Kier alpha value is -1.47. The Morgan fingerprint density at radius 3 is 1.75 bits per heavy atom. The van der Waals surface area contributed by atoms with Gasteiger partial charge < -0.3 is 4.74 Å². The lowest BCUT2D eigenvalue weighted by Crippen LogP contribution is -2.16. The minimum Gasteiger partial charge on any atom is -0.489 e. The maximum atomic E-state index is 6.15. The number of hydrogen-bond acceptors (Lipinski definition) is 1. The number of rotatable bonds is 4. The second-order valence-electron chi connectivity index (χ2n) is 8.44. The number of alkyl halides is 1. The van der Waals surface area contributed by atoms with Gasteiger partial charge in [0, 0.05) is 5.88 Å².